The van der Waals surface area contributed by atoms with E-state index < -0.39 is 0 Å². The van der Waals surface area contributed by atoms with Gasteiger partial charge >= 0.3 is 18.9 Å². The molecule has 2 nitrogen and oxygen atoms in total. The van der Waals surface area contributed by atoms with Crippen LogP contribution in [-0.2, 0) is 0 Å². The number of hydrogen-bond acceptors (Lipinski definition) is 2. The molecule has 0 amide bonds. The van der Waals surface area contributed by atoms with Crippen LogP contribution in [0.1, 0.15) is 19.8 Å². The molecule has 0 unspecified atom stereocenters. The van der Waals surface area contributed by atoms with Crippen LogP contribution in [-0.4, -0.2) is 36.9 Å². The maximum absolute atomic E-state index is 10.8. The van der Waals surface area contributed by atoms with Crippen molar-refractivity contribution in [1.82, 2.24) is 4.90 Å². The molecule has 1 fully saturated rings. The molecule has 4 heteroatoms. The SMILES string of the molecule is C[C]=C([O-])N1CCCC1.[Li+].[Li]. The van der Waals surface area contributed by atoms with Crippen molar-refractivity contribution in [3.8, 4) is 0 Å². The van der Waals surface area contributed by atoms with Crippen LogP contribution >= 0.6 is 0 Å². The Balaban J connectivity index is 0. The molecule has 1 saturated heterocycles. The molecule has 1 aliphatic heterocycles. The average molecular weight is 139 g/mol. The Morgan fingerprint density at radius 3 is 2.18 bits per heavy atom. The Morgan fingerprint density at radius 1 is 1.36 bits per heavy atom. The van der Waals surface area contributed by atoms with Gasteiger partial charge in [0, 0.05) is 32.0 Å². The van der Waals surface area contributed by atoms with Gasteiger partial charge in [-0.05, 0) is 31.7 Å². The Hall–Kier alpha value is 0.535. The second-order valence-corrected chi connectivity index (χ2v) is 2.25. The summed E-state index contributed by atoms with van der Waals surface area (Å²) in [6, 6.07) is 0. The van der Waals surface area contributed by atoms with E-state index in [-0.39, 0.29) is 43.6 Å². The molecule has 0 atom stereocenters. The van der Waals surface area contributed by atoms with Crippen LogP contribution in [0.3, 0.4) is 0 Å². The first-order valence-electron chi connectivity index (χ1n) is 3.31. The molecule has 0 bridgehead atoms. The first-order chi connectivity index (χ1) is 4.34. The average Bonchev–Trinajstić information content (AvgIpc) is 2.37. The van der Waals surface area contributed by atoms with E-state index in [2.05, 4.69) is 6.08 Å². The summed E-state index contributed by atoms with van der Waals surface area (Å²) in [7, 11) is 0. The molecule has 0 saturated carbocycles. The third-order valence-corrected chi connectivity index (χ3v) is 1.61. The molecule has 0 aliphatic carbocycles. The summed E-state index contributed by atoms with van der Waals surface area (Å²) in [5.74, 6) is 0.0625. The smallest absolute Gasteiger partial charge is 0.860 e. The molecule has 0 aromatic carbocycles. The van der Waals surface area contributed by atoms with Gasteiger partial charge in [0.15, 0.2) is 0 Å². The Morgan fingerprint density at radius 2 is 1.82 bits per heavy atom. The van der Waals surface area contributed by atoms with E-state index in [9.17, 15) is 5.11 Å². The van der Waals surface area contributed by atoms with Gasteiger partial charge in [0.1, 0.15) is 0 Å². The summed E-state index contributed by atoms with van der Waals surface area (Å²) in [5, 5.41) is 10.8. The number of hydrogen-bond donors (Lipinski definition) is 0. The standard InChI is InChI=1S/C7H12NO.2Li/c1-2-7(9)8-5-3-4-6-8;;/h9H,3-6H2,1H3;;/q;;+1/p-1. The van der Waals surface area contributed by atoms with Crippen LogP contribution in [0, 0.1) is 6.08 Å². The maximum atomic E-state index is 10.8. The molecule has 0 aromatic rings. The zero-order chi connectivity index (χ0) is 6.69. The van der Waals surface area contributed by atoms with Gasteiger partial charge in [-0.2, -0.15) is 0 Å². The molecule has 11 heavy (non-hydrogen) atoms. The fourth-order valence-corrected chi connectivity index (χ4v) is 1.08. The molecule has 0 spiro atoms. The molecule has 1 aliphatic rings. The van der Waals surface area contributed by atoms with Crippen LogP contribution in [0.5, 0.6) is 0 Å². The summed E-state index contributed by atoms with van der Waals surface area (Å²) in [6.45, 7) is 3.53. The third-order valence-electron chi connectivity index (χ3n) is 1.61. The quantitative estimate of drug-likeness (QED) is 0.281. The largest absolute Gasteiger partial charge is 1.00 e. The fourth-order valence-electron chi connectivity index (χ4n) is 1.08. The van der Waals surface area contributed by atoms with E-state index in [1.807, 2.05) is 4.90 Å². The van der Waals surface area contributed by atoms with Gasteiger partial charge in [-0.25, -0.2) is 0 Å². The van der Waals surface area contributed by atoms with Crippen LogP contribution < -0.4 is 24.0 Å². The van der Waals surface area contributed by atoms with Crippen molar-refractivity contribution in [2.75, 3.05) is 13.1 Å². The molecule has 1 rings (SSSR count). The minimum atomic E-state index is 0. The predicted octanol–water partition coefficient (Wildman–Crippen LogP) is -3.27. The van der Waals surface area contributed by atoms with E-state index in [0.29, 0.717) is 0 Å². The molecule has 0 aromatic heterocycles. The molecule has 1 heterocycles. The minimum Gasteiger partial charge on any atom is -0.860 e. The second kappa shape index (κ2) is 7.20. The topological polar surface area (TPSA) is 26.3 Å². The molecular weight excluding hydrogens is 128 g/mol. The van der Waals surface area contributed by atoms with Gasteiger partial charge in [-0.15, -0.1) is 0 Å². The van der Waals surface area contributed by atoms with Crippen molar-refractivity contribution >= 4 is 18.9 Å². The van der Waals surface area contributed by atoms with E-state index >= 15 is 0 Å². The predicted molar refractivity (Wildman–Crippen MR) is 39.0 cm³/mol. The zero-order valence-corrected chi connectivity index (χ0v) is 7.68. The Kier molecular flexibility index (Phi) is 9.21. The summed E-state index contributed by atoms with van der Waals surface area (Å²) < 4.78 is 0. The van der Waals surface area contributed by atoms with Gasteiger partial charge in [0.25, 0.3) is 0 Å². The molecular formula is C7H11Li2NO. The summed E-state index contributed by atoms with van der Waals surface area (Å²) in [6.07, 6.45) is 4.91. The fraction of sp³-hybridized carbons (Fsp3) is 0.714. The third kappa shape index (κ3) is 4.19. The van der Waals surface area contributed by atoms with E-state index in [4.69, 9.17) is 0 Å². The van der Waals surface area contributed by atoms with Crippen LogP contribution in [0.4, 0.5) is 0 Å². The second-order valence-electron chi connectivity index (χ2n) is 2.25. The van der Waals surface area contributed by atoms with Crippen molar-refractivity contribution in [3.05, 3.63) is 12.0 Å². The molecule has 0 N–H and O–H groups in total. The van der Waals surface area contributed by atoms with E-state index in [1.54, 1.807) is 6.92 Å². The van der Waals surface area contributed by atoms with Crippen LogP contribution in [0.25, 0.3) is 0 Å². The van der Waals surface area contributed by atoms with Crippen molar-refractivity contribution in [2.45, 2.75) is 19.8 Å². The molecule has 52 valence electrons. The van der Waals surface area contributed by atoms with E-state index in [0.717, 1.165) is 25.9 Å². The Labute approximate surface area is 92.4 Å². The van der Waals surface area contributed by atoms with Gasteiger partial charge in [0.2, 0.25) is 0 Å². The van der Waals surface area contributed by atoms with Crippen molar-refractivity contribution in [2.24, 2.45) is 0 Å². The maximum Gasteiger partial charge on any atom is 1.00 e. The van der Waals surface area contributed by atoms with Crippen LogP contribution in [0.15, 0.2) is 5.88 Å². The normalized spacial score (nSPS) is 17.2. The number of allylic oxidation sites excluding steroid dienone is 1. The zero-order valence-electron chi connectivity index (χ0n) is 7.68. The molecule has 2 radical (unpaired) electrons. The monoisotopic (exact) mass is 139 g/mol. The number of likely N-dealkylation sites (tertiary alicyclic amines) is 1. The summed E-state index contributed by atoms with van der Waals surface area (Å²) >= 11 is 0. The number of rotatable bonds is 1. The Bertz CT molecular complexity index is 122. The van der Waals surface area contributed by atoms with Gasteiger partial charge in [-0.3, -0.25) is 0 Å². The first-order valence-corrected chi connectivity index (χ1v) is 3.31. The van der Waals surface area contributed by atoms with Gasteiger partial charge in [-0.1, -0.05) is 0 Å². The van der Waals surface area contributed by atoms with Crippen molar-refractivity contribution < 1.29 is 24.0 Å². The number of nitrogens with zero attached hydrogens (tertiary/aromatic N) is 1. The van der Waals surface area contributed by atoms with Crippen molar-refractivity contribution in [1.29, 1.82) is 0 Å². The van der Waals surface area contributed by atoms with Crippen LogP contribution in [0.2, 0.25) is 0 Å². The summed E-state index contributed by atoms with van der Waals surface area (Å²) in [5.41, 5.74) is 0. The first kappa shape index (κ1) is 14.1. The van der Waals surface area contributed by atoms with Gasteiger partial charge < -0.3 is 10.0 Å². The van der Waals surface area contributed by atoms with Crippen molar-refractivity contribution in [3.63, 3.8) is 0 Å². The summed E-state index contributed by atoms with van der Waals surface area (Å²) in [4.78, 5) is 1.83. The minimum absolute atomic E-state index is 0. The van der Waals surface area contributed by atoms with Gasteiger partial charge in [0.05, 0.1) is 0 Å². The van der Waals surface area contributed by atoms with E-state index in [1.165, 1.54) is 0 Å².